The Balaban J connectivity index is 1.75. The van der Waals surface area contributed by atoms with Crippen molar-refractivity contribution in [2.24, 2.45) is 0 Å². The lowest BCUT2D eigenvalue weighted by atomic mass is 10.2. The van der Waals surface area contributed by atoms with Crippen LogP contribution in [0.25, 0.3) is 0 Å². The van der Waals surface area contributed by atoms with Gasteiger partial charge < -0.3 is 10.2 Å². The van der Waals surface area contributed by atoms with Crippen LogP contribution in [0.3, 0.4) is 0 Å². The van der Waals surface area contributed by atoms with Gasteiger partial charge in [0.05, 0.1) is 13.2 Å². The fraction of sp³-hybridized carbons (Fsp3) is 0.500. The summed E-state index contributed by atoms with van der Waals surface area (Å²) in [4.78, 5) is 7.45. The summed E-state index contributed by atoms with van der Waals surface area (Å²) in [5, 5.41) is 19.1. The fourth-order valence-electron chi connectivity index (χ4n) is 3.80. The highest BCUT2D eigenvalue weighted by Gasteiger charge is 2.13. The average Bonchev–Trinajstić information content (AvgIpc) is 2.75. The first-order chi connectivity index (χ1) is 14.8. The van der Waals surface area contributed by atoms with Crippen LogP contribution in [-0.4, -0.2) is 70.9 Å². The molecule has 0 saturated heterocycles. The van der Waals surface area contributed by atoms with Crippen molar-refractivity contribution in [2.75, 3.05) is 50.9 Å². The molecule has 0 aromatic heterocycles. The Hall–Kier alpha value is -1.02. The molecule has 6 heteroatoms. The van der Waals surface area contributed by atoms with E-state index in [2.05, 4.69) is 58.3 Å². The fourth-order valence-corrected chi connectivity index (χ4v) is 5.77. The summed E-state index contributed by atoms with van der Waals surface area (Å²) < 4.78 is 0. The smallest absolute Gasteiger partial charge is 0.0558 e. The highest BCUT2D eigenvalue weighted by atomic mass is 32.2. The molecule has 0 amide bonds. The minimum Gasteiger partial charge on any atom is -0.395 e. The van der Waals surface area contributed by atoms with Crippen LogP contribution in [0.5, 0.6) is 0 Å². The number of rotatable bonds is 4. The second kappa shape index (κ2) is 13.4. The third kappa shape index (κ3) is 7.59. The van der Waals surface area contributed by atoms with Crippen molar-refractivity contribution in [3.8, 4) is 0 Å². The summed E-state index contributed by atoms with van der Waals surface area (Å²) >= 11 is 3.85. The molecule has 0 saturated carbocycles. The first-order valence-corrected chi connectivity index (χ1v) is 12.8. The van der Waals surface area contributed by atoms with Gasteiger partial charge >= 0.3 is 0 Å². The number of hydrogen-bond donors (Lipinski definition) is 2. The third-order valence-electron chi connectivity index (χ3n) is 5.32. The number of aliphatic hydroxyl groups excluding tert-OH is 2. The summed E-state index contributed by atoms with van der Waals surface area (Å²) in [7, 11) is 0. The van der Waals surface area contributed by atoms with Gasteiger partial charge in [0.1, 0.15) is 0 Å². The van der Waals surface area contributed by atoms with Crippen molar-refractivity contribution < 1.29 is 10.2 Å². The van der Waals surface area contributed by atoms with Crippen molar-refractivity contribution in [2.45, 2.75) is 35.7 Å². The molecule has 0 atom stereocenters. The number of benzene rings is 2. The number of thioether (sulfide) groups is 2. The molecule has 2 aromatic carbocycles. The highest BCUT2D eigenvalue weighted by Crippen LogP contribution is 2.27. The highest BCUT2D eigenvalue weighted by molar-refractivity contribution is 7.99. The van der Waals surface area contributed by atoms with Gasteiger partial charge in [-0.1, -0.05) is 36.4 Å². The van der Waals surface area contributed by atoms with Gasteiger partial charge in [-0.15, -0.1) is 23.5 Å². The molecule has 0 fully saturated rings. The van der Waals surface area contributed by atoms with Crippen LogP contribution < -0.4 is 0 Å². The molecular weight excluding hydrogens is 412 g/mol. The molecule has 0 aliphatic carbocycles. The van der Waals surface area contributed by atoms with Gasteiger partial charge in [-0.3, -0.25) is 9.80 Å². The Labute approximate surface area is 189 Å². The van der Waals surface area contributed by atoms with Gasteiger partial charge in [-0.25, -0.2) is 0 Å². The van der Waals surface area contributed by atoms with E-state index < -0.39 is 0 Å². The van der Waals surface area contributed by atoms with Crippen LogP contribution in [0.1, 0.15) is 24.0 Å². The van der Waals surface area contributed by atoms with E-state index >= 15 is 0 Å². The van der Waals surface area contributed by atoms with Crippen LogP contribution in [-0.2, 0) is 13.1 Å². The van der Waals surface area contributed by atoms with E-state index in [9.17, 15) is 10.2 Å². The Kier molecular flexibility index (Phi) is 10.6. The molecular formula is C24H34N2O2S2. The number of β-amino-alcohol motifs (C(OH)–C–C–N with tert-alkyl or cyclic N) is 2. The maximum atomic E-state index is 9.53. The van der Waals surface area contributed by atoms with Crippen LogP contribution in [0.15, 0.2) is 58.3 Å². The standard InChI is InChI=1S/C24H34N2O2S2/c27-15-13-25-11-5-18-30-24-10-4-2-8-22(24)20-26(14-16-28)12-6-17-29-23-9-3-1-7-21(23)19-25/h1-4,7-10,27-28H,5-6,11-20H2. The van der Waals surface area contributed by atoms with Gasteiger partial charge in [-0.05, 0) is 60.7 Å². The van der Waals surface area contributed by atoms with E-state index in [1.54, 1.807) is 0 Å². The van der Waals surface area contributed by atoms with Gasteiger partial charge in [0.25, 0.3) is 0 Å². The maximum absolute atomic E-state index is 9.53. The molecule has 1 aliphatic rings. The van der Waals surface area contributed by atoms with Crippen LogP contribution in [0.2, 0.25) is 0 Å². The molecule has 4 nitrogen and oxygen atoms in total. The number of hydrogen-bond acceptors (Lipinski definition) is 6. The van der Waals surface area contributed by atoms with Gasteiger partial charge in [0, 0.05) is 36.0 Å². The number of nitrogens with zero attached hydrogens (tertiary/aromatic N) is 2. The molecule has 3 rings (SSSR count). The van der Waals surface area contributed by atoms with Crippen LogP contribution >= 0.6 is 23.5 Å². The molecule has 0 unspecified atom stereocenters. The summed E-state index contributed by atoms with van der Waals surface area (Å²) in [5.41, 5.74) is 2.71. The van der Waals surface area contributed by atoms with Crippen molar-refractivity contribution >= 4 is 23.5 Å². The minimum atomic E-state index is 0.200. The zero-order chi connectivity index (χ0) is 21.0. The zero-order valence-corrected chi connectivity index (χ0v) is 19.3. The van der Waals surface area contributed by atoms with Crippen molar-refractivity contribution in [3.05, 3.63) is 59.7 Å². The molecule has 2 aromatic rings. The van der Waals surface area contributed by atoms with E-state index in [0.717, 1.165) is 63.6 Å². The molecule has 0 spiro atoms. The SMILES string of the molecule is OCCN1CCCSc2ccccc2CN(CCO)CCCSc2ccccc2C1. The Morgan fingerprint density at radius 2 is 1.10 bits per heavy atom. The average molecular weight is 447 g/mol. The Bertz CT molecular complexity index is 696. The lowest BCUT2D eigenvalue weighted by Gasteiger charge is -2.25. The van der Waals surface area contributed by atoms with Gasteiger partial charge in [0.15, 0.2) is 0 Å². The van der Waals surface area contributed by atoms with Gasteiger partial charge in [-0.2, -0.15) is 0 Å². The largest absolute Gasteiger partial charge is 0.395 e. The summed E-state index contributed by atoms with van der Waals surface area (Å²) in [6.45, 7) is 5.60. The minimum absolute atomic E-state index is 0.200. The predicted molar refractivity (Wildman–Crippen MR) is 128 cm³/mol. The normalized spacial score (nSPS) is 17.9. The van der Waals surface area contributed by atoms with Crippen molar-refractivity contribution in [1.29, 1.82) is 0 Å². The topological polar surface area (TPSA) is 46.9 Å². The predicted octanol–water partition coefficient (Wildman–Crippen LogP) is 3.95. The van der Waals surface area contributed by atoms with Crippen molar-refractivity contribution in [1.82, 2.24) is 9.80 Å². The van der Waals surface area contributed by atoms with E-state index in [-0.39, 0.29) is 13.2 Å². The summed E-state index contributed by atoms with van der Waals surface area (Å²) in [5.74, 6) is 2.13. The second-order valence-corrected chi connectivity index (χ2v) is 9.89. The van der Waals surface area contributed by atoms with E-state index in [1.807, 2.05) is 23.5 Å². The first kappa shape index (κ1) is 23.6. The quantitative estimate of drug-likeness (QED) is 0.742. The lowest BCUT2D eigenvalue weighted by Crippen LogP contribution is -2.29. The molecule has 164 valence electrons. The number of aliphatic hydroxyl groups is 2. The molecule has 30 heavy (non-hydrogen) atoms. The van der Waals surface area contributed by atoms with Crippen LogP contribution in [0, 0.1) is 0 Å². The Morgan fingerprint density at radius 1 is 0.667 bits per heavy atom. The van der Waals surface area contributed by atoms with Crippen LogP contribution in [0.4, 0.5) is 0 Å². The molecule has 2 N–H and O–H groups in total. The number of fused-ring (bicyclic) bond motifs is 2. The van der Waals surface area contributed by atoms with E-state index in [4.69, 9.17) is 0 Å². The first-order valence-electron chi connectivity index (χ1n) is 10.9. The maximum Gasteiger partial charge on any atom is 0.0558 e. The zero-order valence-electron chi connectivity index (χ0n) is 17.7. The van der Waals surface area contributed by atoms with E-state index in [0.29, 0.717) is 0 Å². The molecule has 0 bridgehead atoms. The monoisotopic (exact) mass is 446 g/mol. The third-order valence-corrected chi connectivity index (χ3v) is 7.72. The summed E-state index contributed by atoms with van der Waals surface area (Å²) in [6.07, 6.45) is 2.18. The lowest BCUT2D eigenvalue weighted by molar-refractivity contribution is 0.189. The molecule has 1 aliphatic heterocycles. The summed E-state index contributed by atoms with van der Waals surface area (Å²) in [6, 6.07) is 17.3. The second-order valence-electron chi connectivity index (χ2n) is 7.62. The van der Waals surface area contributed by atoms with E-state index in [1.165, 1.54) is 20.9 Å². The molecule has 1 heterocycles. The molecule has 0 radical (unpaired) electrons. The van der Waals surface area contributed by atoms with Crippen molar-refractivity contribution in [3.63, 3.8) is 0 Å². The Morgan fingerprint density at radius 3 is 1.53 bits per heavy atom. The van der Waals surface area contributed by atoms with Gasteiger partial charge in [0.2, 0.25) is 0 Å².